The molecule has 0 saturated carbocycles. The quantitative estimate of drug-likeness (QED) is 0.0413. The van der Waals surface area contributed by atoms with E-state index in [9.17, 15) is 9.59 Å². The molecule has 0 aromatic heterocycles. The Kier molecular flexibility index (Phi) is 21.0. The highest BCUT2D eigenvalue weighted by Crippen LogP contribution is 2.30. The molecule has 0 unspecified atom stereocenters. The minimum Gasteiger partial charge on any atom is -0.494 e. The Bertz CT molecular complexity index is 1350. The molecule has 0 fully saturated rings. The number of carbonyl (C=O) groups is 2. The van der Waals surface area contributed by atoms with E-state index in [0.717, 1.165) is 47.6 Å². The first-order valence-corrected chi connectivity index (χ1v) is 20.1. The Morgan fingerprint density at radius 2 is 1.20 bits per heavy atom. The number of esters is 1. The van der Waals surface area contributed by atoms with Crippen molar-refractivity contribution in [2.45, 2.75) is 168 Å². The van der Waals surface area contributed by atoms with Gasteiger partial charge in [-0.15, -0.1) is 0 Å². The lowest BCUT2D eigenvalue weighted by Gasteiger charge is -2.14. The Morgan fingerprint density at radius 1 is 0.640 bits per heavy atom. The molecule has 0 aliphatic heterocycles. The van der Waals surface area contributed by atoms with E-state index in [-0.39, 0.29) is 18.7 Å². The molecule has 3 aromatic carbocycles. The maximum atomic E-state index is 12.6. The van der Waals surface area contributed by atoms with Crippen molar-refractivity contribution in [1.82, 2.24) is 0 Å². The molecule has 50 heavy (non-hydrogen) atoms. The summed E-state index contributed by atoms with van der Waals surface area (Å²) in [5.41, 5.74) is 1.96. The maximum absolute atomic E-state index is 12.6. The summed E-state index contributed by atoms with van der Waals surface area (Å²) >= 11 is 0. The van der Waals surface area contributed by atoms with Gasteiger partial charge >= 0.3 is 5.97 Å². The fraction of sp³-hybridized carbons (Fsp3) is 0.600. The molecular formula is C45H66O5. The van der Waals surface area contributed by atoms with Gasteiger partial charge in [0.05, 0.1) is 23.8 Å². The number of fused-ring (bicyclic) bond motifs is 1. The zero-order valence-corrected chi connectivity index (χ0v) is 31.7. The molecule has 3 rings (SSSR count). The number of hydrogen-bond donors (Lipinski definition) is 0. The van der Waals surface area contributed by atoms with Crippen LogP contribution < -0.4 is 9.47 Å². The van der Waals surface area contributed by atoms with Crippen molar-refractivity contribution in [3.05, 3.63) is 71.3 Å². The summed E-state index contributed by atoms with van der Waals surface area (Å²) in [6.45, 7) is 7.42. The highest BCUT2D eigenvalue weighted by Gasteiger charge is 2.13. The summed E-state index contributed by atoms with van der Waals surface area (Å²) in [5.74, 6) is 1.06. The average molecular weight is 687 g/mol. The highest BCUT2D eigenvalue weighted by molar-refractivity contribution is 6.01. The number of hydrogen-bond acceptors (Lipinski definition) is 5. The van der Waals surface area contributed by atoms with Crippen molar-refractivity contribution < 1.29 is 23.8 Å². The van der Waals surface area contributed by atoms with E-state index in [1.165, 1.54) is 116 Å². The van der Waals surface area contributed by atoms with E-state index >= 15 is 0 Å². The summed E-state index contributed by atoms with van der Waals surface area (Å²) in [7, 11) is 0. The number of rotatable bonds is 29. The summed E-state index contributed by atoms with van der Waals surface area (Å²) in [5, 5.41) is 1.79. The Hall–Kier alpha value is -3.34. The van der Waals surface area contributed by atoms with Gasteiger partial charge in [-0.05, 0) is 78.9 Å². The molecule has 0 spiro atoms. The molecule has 0 saturated heterocycles. The van der Waals surface area contributed by atoms with Gasteiger partial charge in [0.2, 0.25) is 0 Å². The van der Waals surface area contributed by atoms with E-state index in [4.69, 9.17) is 14.2 Å². The third-order valence-electron chi connectivity index (χ3n) is 9.73. The van der Waals surface area contributed by atoms with Crippen molar-refractivity contribution in [2.24, 2.45) is 0 Å². The highest BCUT2D eigenvalue weighted by atomic mass is 16.5. The zero-order valence-electron chi connectivity index (χ0n) is 31.7. The lowest BCUT2D eigenvalue weighted by molar-refractivity contribution is 0.0319. The first kappa shape index (κ1) is 41.1. The fourth-order valence-electron chi connectivity index (χ4n) is 6.56. The first-order valence-electron chi connectivity index (χ1n) is 20.1. The lowest BCUT2D eigenvalue weighted by Crippen LogP contribution is -2.15. The molecule has 5 nitrogen and oxygen atoms in total. The van der Waals surface area contributed by atoms with Crippen molar-refractivity contribution in [3.8, 4) is 11.5 Å². The second-order valence-corrected chi connectivity index (χ2v) is 14.2. The number of unbranched alkanes of at least 4 members (excludes halogenated alkanes) is 18. The van der Waals surface area contributed by atoms with Crippen LogP contribution in [0.25, 0.3) is 10.8 Å². The molecule has 0 aliphatic rings. The summed E-state index contributed by atoms with van der Waals surface area (Å²) < 4.78 is 17.8. The van der Waals surface area contributed by atoms with Gasteiger partial charge in [-0.2, -0.15) is 0 Å². The van der Waals surface area contributed by atoms with Gasteiger partial charge in [0.25, 0.3) is 0 Å². The van der Waals surface area contributed by atoms with E-state index in [0.29, 0.717) is 23.5 Å². The van der Waals surface area contributed by atoms with Crippen LogP contribution in [-0.4, -0.2) is 25.0 Å². The van der Waals surface area contributed by atoms with Crippen molar-refractivity contribution in [3.63, 3.8) is 0 Å². The molecule has 0 heterocycles. The first-order chi connectivity index (χ1) is 24.5. The van der Waals surface area contributed by atoms with Gasteiger partial charge in [0, 0.05) is 0 Å². The van der Waals surface area contributed by atoms with Crippen molar-refractivity contribution in [2.75, 3.05) is 6.61 Å². The topological polar surface area (TPSA) is 61.8 Å². The second-order valence-electron chi connectivity index (χ2n) is 14.2. The van der Waals surface area contributed by atoms with Gasteiger partial charge in [-0.25, -0.2) is 4.79 Å². The van der Waals surface area contributed by atoms with E-state index in [1.54, 1.807) is 12.1 Å². The van der Waals surface area contributed by atoms with Crippen LogP contribution in [0.2, 0.25) is 0 Å². The third-order valence-corrected chi connectivity index (χ3v) is 9.73. The normalized spacial score (nSPS) is 11.8. The van der Waals surface area contributed by atoms with Crippen molar-refractivity contribution >= 4 is 23.0 Å². The molecule has 0 N–H and O–H groups in total. The Balaban J connectivity index is 1.31. The molecule has 0 bridgehead atoms. The molecule has 3 aromatic rings. The minimum absolute atomic E-state index is 0.0941. The second kappa shape index (κ2) is 25.6. The van der Waals surface area contributed by atoms with Crippen LogP contribution in [0, 0.1) is 0 Å². The number of ether oxygens (including phenoxy) is 3. The smallest absolute Gasteiger partial charge is 0.338 e. The van der Waals surface area contributed by atoms with Gasteiger partial charge in [-0.3, -0.25) is 4.79 Å². The molecule has 5 heteroatoms. The van der Waals surface area contributed by atoms with E-state index < -0.39 is 0 Å². The standard InChI is InChI=1S/C45H66O5/c1-4-6-8-10-11-12-13-14-15-16-17-18-19-20-21-23-33-48-41-30-31-42-40(34-41)29-32-44(43(42)35-46)49-36-38-25-27-39(28-26-38)45(47)50-37(3)24-22-9-7-5-2/h25-32,34-35,37H,4-24,33,36H2,1-3H3/t37-/m1/s1. The van der Waals surface area contributed by atoms with Crippen molar-refractivity contribution in [1.29, 1.82) is 0 Å². The Labute approximate surface area is 303 Å². The van der Waals surface area contributed by atoms with Gasteiger partial charge in [0.15, 0.2) is 6.29 Å². The predicted octanol–water partition coefficient (Wildman–Crippen LogP) is 13.4. The molecule has 1 atom stereocenters. The lowest BCUT2D eigenvalue weighted by atomic mass is 10.0. The fourth-order valence-corrected chi connectivity index (χ4v) is 6.56. The largest absolute Gasteiger partial charge is 0.494 e. The van der Waals surface area contributed by atoms with E-state index in [2.05, 4.69) is 13.8 Å². The number of benzene rings is 3. The van der Waals surface area contributed by atoms with Crippen LogP contribution in [-0.2, 0) is 11.3 Å². The molecular weight excluding hydrogens is 620 g/mol. The summed E-state index contributed by atoms with van der Waals surface area (Å²) in [6.07, 6.45) is 28.0. The van der Waals surface area contributed by atoms with Crippen LogP contribution in [0.4, 0.5) is 0 Å². The summed E-state index contributed by atoms with van der Waals surface area (Å²) in [4.78, 5) is 24.7. The Morgan fingerprint density at radius 3 is 1.78 bits per heavy atom. The van der Waals surface area contributed by atoms with Gasteiger partial charge in [0.1, 0.15) is 18.1 Å². The summed E-state index contributed by atoms with van der Waals surface area (Å²) in [6, 6.07) is 17.0. The SMILES string of the molecule is CCCCCCCCCCCCCCCCCCOc1ccc2c(C=O)c(OCc3ccc(C(=O)O[C@H](C)CCCCCC)cc3)ccc2c1. The molecule has 0 aliphatic carbocycles. The molecule has 0 radical (unpaired) electrons. The van der Waals surface area contributed by atoms with E-state index in [1.807, 2.05) is 49.4 Å². The predicted molar refractivity (Wildman–Crippen MR) is 209 cm³/mol. The zero-order chi connectivity index (χ0) is 35.7. The van der Waals surface area contributed by atoms with Crippen LogP contribution in [0.15, 0.2) is 54.6 Å². The van der Waals surface area contributed by atoms with Crippen LogP contribution in [0.1, 0.15) is 182 Å². The maximum Gasteiger partial charge on any atom is 0.338 e. The van der Waals surface area contributed by atoms with Crippen LogP contribution >= 0.6 is 0 Å². The molecule has 276 valence electrons. The third kappa shape index (κ3) is 16.1. The van der Waals surface area contributed by atoms with Gasteiger partial charge in [-0.1, -0.05) is 148 Å². The monoisotopic (exact) mass is 686 g/mol. The van der Waals surface area contributed by atoms with Crippen LogP contribution in [0.5, 0.6) is 11.5 Å². The average Bonchev–Trinajstić information content (AvgIpc) is 3.13. The van der Waals surface area contributed by atoms with Crippen LogP contribution in [0.3, 0.4) is 0 Å². The van der Waals surface area contributed by atoms with Gasteiger partial charge < -0.3 is 14.2 Å². The molecule has 0 amide bonds. The number of aldehydes is 1. The minimum atomic E-state index is -0.299. The number of carbonyl (C=O) groups excluding carboxylic acids is 2.